The lowest BCUT2D eigenvalue weighted by molar-refractivity contribution is 0.508. The Morgan fingerprint density at radius 3 is 2.40 bits per heavy atom. The topological polar surface area (TPSA) is 48.7 Å². The fraction of sp³-hybridized carbons (Fsp3) is 0.200. The third-order valence-corrected chi connectivity index (χ3v) is 3.06. The summed E-state index contributed by atoms with van der Waals surface area (Å²) in [6, 6.07) is 7.41. The molecule has 0 aliphatic carbocycles. The van der Waals surface area contributed by atoms with Gasteiger partial charge in [-0.3, -0.25) is 4.98 Å². The quantitative estimate of drug-likeness (QED) is 0.931. The van der Waals surface area contributed by atoms with Crippen LogP contribution >= 0.6 is 0 Å². The highest BCUT2D eigenvalue weighted by molar-refractivity contribution is 5.34. The standard InChI is InChI=1S/C15H13F2N3/c1-10(12-2-4-19-5-3-12)20-9-13-14(16)6-11(8-18)7-15(13)17/h2-7,10,20H,9H2,1H3/t10-/m0/s1. The molecule has 0 saturated carbocycles. The molecule has 1 heterocycles. The Kier molecular flexibility index (Phi) is 4.38. The fourth-order valence-electron chi connectivity index (χ4n) is 1.86. The van der Waals surface area contributed by atoms with E-state index >= 15 is 0 Å². The van der Waals surface area contributed by atoms with Crippen molar-refractivity contribution in [1.29, 1.82) is 5.26 Å². The fourth-order valence-corrected chi connectivity index (χ4v) is 1.86. The van der Waals surface area contributed by atoms with Crippen molar-refractivity contribution >= 4 is 0 Å². The molecule has 102 valence electrons. The van der Waals surface area contributed by atoms with Crippen molar-refractivity contribution in [2.45, 2.75) is 19.5 Å². The Balaban J connectivity index is 2.10. The molecule has 1 aromatic heterocycles. The van der Waals surface area contributed by atoms with E-state index in [9.17, 15) is 8.78 Å². The van der Waals surface area contributed by atoms with Gasteiger partial charge in [-0.15, -0.1) is 0 Å². The van der Waals surface area contributed by atoms with Crippen molar-refractivity contribution in [3.05, 3.63) is 65.0 Å². The van der Waals surface area contributed by atoms with Crippen molar-refractivity contribution in [3.63, 3.8) is 0 Å². The first-order chi connectivity index (χ1) is 9.61. The van der Waals surface area contributed by atoms with Crippen LogP contribution in [-0.4, -0.2) is 4.98 Å². The lowest BCUT2D eigenvalue weighted by atomic mass is 10.1. The molecule has 2 rings (SSSR count). The summed E-state index contributed by atoms with van der Waals surface area (Å²) in [5.41, 5.74) is 0.894. The van der Waals surface area contributed by atoms with Gasteiger partial charge in [0.1, 0.15) is 11.6 Å². The molecule has 0 fully saturated rings. The molecule has 1 N–H and O–H groups in total. The van der Waals surface area contributed by atoms with E-state index in [1.54, 1.807) is 18.5 Å². The van der Waals surface area contributed by atoms with Crippen LogP contribution in [0.25, 0.3) is 0 Å². The van der Waals surface area contributed by atoms with Gasteiger partial charge < -0.3 is 5.32 Å². The number of hydrogen-bond donors (Lipinski definition) is 1. The monoisotopic (exact) mass is 273 g/mol. The first-order valence-electron chi connectivity index (χ1n) is 6.13. The Morgan fingerprint density at radius 2 is 1.85 bits per heavy atom. The SMILES string of the molecule is C[C@H](NCc1c(F)cc(C#N)cc1F)c1ccncc1. The van der Waals surface area contributed by atoms with Crippen molar-refractivity contribution in [2.75, 3.05) is 0 Å². The molecule has 0 radical (unpaired) electrons. The Bertz CT molecular complexity index is 612. The second-order valence-electron chi connectivity index (χ2n) is 4.41. The van der Waals surface area contributed by atoms with Gasteiger partial charge in [0.05, 0.1) is 11.6 Å². The van der Waals surface area contributed by atoms with Crippen LogP contribution in [-0.2, 0) is 6.54 Å². The highest BCUT2D eigenvalue weighted by Gasteiger charge is 2.12. The van der Waals surface area contributed by atoms with E-state index in [1.165, 1.54) is 0 Å². The number of nitrogens with one attached hydrogen (secondary N) is 1. The smallest absolute Gasteiger partial charge is 0.131 e. The van der Waals surface area contributed by atoms with Gasteiger partial charge in [-0.25, -0.2) is 8.78 Å². The Hall–Kier alpha value is -2.32. The third kappa shape index (κ3) is 3.16. The maximum absolute atomic E-state index is 13.7. The van der Waals surface area contributed by atoms with Gasteiger partial charge in [-0.1, -0.05) is 0 Å². The number of nitrogens with zero attached hydrogens (tertiary/aromatic N) is 2. The van der Waals surface area contributed by atoms with Gasteiger partial charge in [0.2, 0.25) is 0 Å². The number of rotatable bonds is 4. The van der Waals surface area contributed by atoms with Gasteiger partial charge in [0.15, 0.2) is 0 Å². The van der Waals surface area contributed by atoms with Crippen molar-refractivity contribution in [3.8, 4) is 6.07 Å². The van der Waals surface area contributed by atoms with E-state index in [4.69, 9.17) is 5.26 Å². The average Bonchev–Trinajstić information content (AvgIpc) is 2.46. The van der Waals surface area contributed by atoms with Crippen LogP contribution in [0, 0.1) is 23.0 Å². The van der Waals surface area contributed by atoms with E-state index in [1.807, 2.05) is 19.1 Å². The van der Waals surface area contributed by atoms with Gasteiger partial charge in [0, 0.05) is 30.5 Å². The molecular weight excluding hydrogens is 260 g/mol. The normalized spacial score (nSPS) is 11.9. The summed E-state index contributed by atoms with van der Waals surface area (Å²) in [5, 5.41) is 11.7. The van der Waals surface area contributed by atoms with Crippen LogP contribution in [0.1, 0.15) is 29.7 Å². The van der Waals surface area contributed by atoms with Gasteiger partial charge in [-0.05, 0) is 36.8 Å². The molecule has 3 nitrogen and oxygen atoms in total. The third-order valence-electron chi connectivity index (χ3n) is 3.06. The summed E-state index contributed by atoms with van der Waals surface area (Å²) in [6.07, 6.45) is 3.33. The van der Waals surface area contributed by atoms with Crippen LogP contribution in [0.5, 0.6) is 0 Å². The van der Waals surface area contributed by atoms with Gasteiger partial charge >= 0.3 is 0 Å². The maximum atomic E-state index is 13.7. The molecule has 0 bridgehead atoms. The summed E-state index contributed by atoms with van der Waals surface area (Å²) in [4.78, 5) is 3.91. The summed E-state index contributed by atoms with van der Waals surface area (Å²) in [6.45, 7) is 1.95. The predicted molar refractivity (Wildman–Crippen MR) is 70.6 cm³/mol. The van der Waals surface area contributed by atoms with Crippen LogP contribution in [0.4, 0.5) is 8.78 Å². The summed E-state index contributed by atoms with van der Waals surface area (Å²) >= 11 is 0. The lowest BCUT2D eigenvalue weighted by Gasteiger charge is -2.14. The largest absolute Gasteiger partial charge is 0.306 e. The van der Waals surface area contributed by atoms with E-state index in [0.717, 1.165) is 17.7 Å². The second-order valence-corrected chi connectivity index (χ2v) is 4.41. The molecule has 0 spiro atoms. The molecule has 1 atom stereocenters. The number of aromatic nitrogens is 1. The predicted octanol–water partition coefficient (Wildman–Crippen LogP) is 3.08. The maximum Gasteiger partial charge on any atom is 0.131 e. The van der Waals surface area contributed by atoms with Crippen molar-refractivity contribution in [2.24, 2.45) is 0 Å². The summed E-state index contributed by atoms with van der Waals surface area (Å²) in [7, 11) is 0. The van der Waals surface area contributed by atoms with Crippen molar-refractivity contribution in [1.82, 2.24) is 10.3 Å². The van der Waals surface area contributed by atoms with Crippen LogP contribution < -0.4 is 5.32 Å². The zero-order valence-electron chi connectivity index (χ0n) is 10.9. The van der Waals surface area contributed by atoms with E-state index in [2.05, 4.69) is 10.3 Å². The molecule has 5 heteroatoms. The zero-order chi connectivity index (χ0) is 14.5. The van der Waals surface area contributed by atoms with Crippen LogP contribution in [0.3, 0.4) is 0 Å². The Labute approximate surface area is 115 Å². The lowest BCUT2D eigenvalue weighted by Crippen LogP contribution is -2.19. The number of nitriles is 1. The minimum Gasteiger partial charge on any atom is -0.306 e. The number of pyridine rings is 1. The molecule has 1 aromatic carbocycles. The summed E-state index contributed by atoms with van der Waals surface area (Å²) in [5.74, 6) is -1.42. The highest BCUT2D eigenvalue weighted by Crippen LogP contribution is 2.17. The molecular formula is C15H13F2N3. The van der Waals surface area contributed by atoms with Gasteiger partial charge in [0.25, 0.3) is 0 Å². The molecule has 20 heavy (non-hydrogen) atoms. The van der Waals surface area contributed by atoms with E-state index in [0.29, 0.717) is 0 Å². The van der Waals surface area contributed by atoms with Crippen molar-refractivity contribution < 1.29 is 8.78 Å². The van der Waals surface area contributed by atoms with Gasteiger partial charge in [-0.2, -0.15) is 5.26 Å². The van der Waals surface area contributed by atoms with Crippen LogP contribution in [0.2, 0.25) is 0 Å². The van der Waals surface area contributed by atoms with E-state index in [-0.39, 0.29) is 23.7 Å². The van der Waals surface area contributed by atoms with Crippen LogP contribution in [0.15, 0.2) is 36.7 Å². The molecule has 2 aromatic rings. The molecule has 0 saturated heterocycles. The first kappa shape index (κ1) is 14.1. The number of halogens is 2. The minimum absolute atomic E-state index is 0.0223. The second kappa shape index (κ2) is 6.22. The minimum atomic E-state index is -0.712. The number of hydrogen-bond acceptors (Lipinski definition) is 3. The average molecular weight is 273 g/mol. The zero-order valence-corrected chi connectivity index (χ0v) is 10.9. The highest BCUT2D eigenvalue weighted by atomic mass is 19.1. The molecule has 0 amide bonds. The summed E-state index contributed by atoms with van der Waals surface area (Å²) < 4.78 is 27.4. The molecule has 0 unspecified atom stereocenters. The molecule has 0 aliphatic heterocycles. The molecule has 0 aliphatic rings. The number of benzene rings is 1. The van der Waals surface area contributed by atoms with E-state index < -0.39 is 11.6 Å². The first-order valence-corrected chi connectivity index (χ1v) is 6.13. The Morgan fingerprint density at radius 1 is 1.25 bits per heavy atom.